The molecule has 1 heterocycles. The zero-order chi connectivity index (χ0) is 16.8. The van der Waals surface area contributed by atoms with Gasteiger partial charge in [-0.2, -0.15) is 5.26 Å². The molecule has 0 atom stereocenters. The molecule has 2 aromatic rings. The maximum absolute atomic E-state index is 8.87. The second-order valence-electron chi connectivity index (χ2n) is 6.67. The van der Waals surface area contributed by atoms with Gasteiger partial charge in [0.2, 0.25) is 0 Å². The summed E-state index contributed by atoms with van der Waals surface area (Å²) in [6, 6.07) is 19.1. The van der Waals surface area contributed by atoms with Crippen LogP contribution >= 0.6 is 0 Å². The maximum Gasteiger partial charge on any atom is 0.0991 e. The minimum atomic E-state index is 0.413. The molecular weight excluding hydrogens is 294 g/mol. The molecule has 0 bridgehead atoms. The molecule has 0 spiro atoms. The van der Waals surface area contributed by atoms with Crippen molar-refractivity contribution in [3.05, 3.63) is 59.7 Å². The summed E-state index contributed by atoms with van der Waals surface area (Å²) >= 11 is 0. The van der Waals surface area contributed by atoms with Crippen molar-refractivity contribution in [2.45, 2.75) is 31.7 Å². The van der Waals surface area contributed by atoms with Crippen molar-refractivity contribution in [1.29, 1.82) is 5.26 Å². The fourth-order valence-corrected chi connectivity index (χ4v) is 3.28. The Morgan fingerprint density at radius 3 is 2.12 bits per heavy atom. The topological polar surface area (TPSA) is 53.0 Å². The monoisotopic (exact) mass is 319 g/mol. The van der Waals surface area contributed by atoms with Crippen LogP contribution in [0.5, 0.6) is 0 Å². The van der Waals surface area contributed by atoms with Crippen molar-refractivity contribution < 1.29 is 0 Å². The Labute approximate surface area is 144 Å². The molecule has 0 radical (unpaired) electrons. The lowest BCUT2D eigenvalue weighted by atomic mass is 10.0. The molecule has 3 heteroatoms. The van der Waals surface area contributed by atoms with Gasteiger partial charge in [-0.25, -0.2) is 0 Å². The largest absolute Gasteiger partial charge is 0.328 e. The van der Waals surface area contributed by atoms with E-state index in [4.69, 9.17) is 11.0 Å². The molecule has 2 N–H and O–H groups in total. The average molecular weight is 319 g/mol. The van der Waals surface area contributed by atoms with E-state index in [9.17, 15) is 0 Å². The molecule has 1 aliphatic rings. The van der Waals surface area contributed by atoms with E-state index in [-0.39, 0.29) is 0 Å². The van der Waals surface area contributed by atoms with Crippen LogP contribution in [0.2, 0.25) is 0 Å². The van der Waals surface area contributed by atoms with Crippen LogP contribution in [0.25, 0.3) is 11.1 Å². The van der Waals surface area contributed by atoms with E-state index < -0.39 is 0 Å². The smallest absolute Gasteiger partial charge is 0.0991 e. The molecule has 0 amide bonds. The molecule has 3 rings (SSSR count). The third-order valence-electron chi connectivity index (χ3n) is 4.87. The van der Waals surface area contributed by atoms with Crippen LogP contribution in [-0.4, -0.2) is 30.6 Å². The van der Waals surface area contributed by atoms with Crippen LogP contribution in [0.3, 0.4) is 0 Å². The van der Waals surface area contributed by atoms with Gasteiger partial charge in [-0.05, 0) is 74.1 Å². The first kappa shape index (κ1) is 16.7. The second-order valence-corrected chi connectivity index (χ2v) is 6.67. The van der Waals surface area contributed by atoms with E-state index in [2.05, 4.69) is 35.2 Å². The van der Waals surface area contributed by atoms with Gasteiger partial charge in [0.25, 0.3) is 0 Å². The highest BCUT2D eigenvalue weighted by atomic mass is 15.1. The number of rotatable bonds is 5. The SMILES string of the molecule is N#Cc1ccc(-c2ccc(CCCN3CCC(N)CC3)cc2)cc1. The summed E-state index contributed by atoms with van der Waals surface area (Å²) in [5.41, 5.74) is 10.4. The molecule has 1 fully saturated rings. The first-order valence-electron chi connectivity index (χ1n) is 8.82. The number of hydrogen-bond donors (Lipinski definition) is 1. The molecule has 0 unspecified atom stereocenters. The van der Waals surface area contributed by atoms with Gasteiger partial charge in [0.15, 0.2) is 0 Å². The first-order chi connectivity index (χ1) is 11.7. The number of nitriles is 1. The molecule has 24 heavy (non-hydrogen) atoms. The molecule has 1 saturated heterocycles. The maximum atomic E-state index is 8.87. The Balaban J connectivity index is 1.50. The second kappa shape index (κ2) is 8.10. The summed E-state index contributed by atoms with van der Waals surface area (Å²) in [5, 5.41) is 8.87. The van der Waals surface area contributed by atoms with E-state index >= 15 is 0 Å². The van der Waals surface area contributed by atoms with E-state index in [1.54, 1.807) is 0 Å². The molecule has 2 aromatic carbocycles. The Kier molecular flexibility index (Phi) is 5.63. The van der Waals surface area contributed by atoms with E-state index in [0.717, 1.165) is 37.9 Å². The fourth-order valence-electron chi connectivity index (χ4n) is 3.28. The van der Waals surface area contributed by atoms with Crippen LogP contribution in [-0.2, 0) is 6.42 Å². The van der Waals surface area contributed by atoms with Gasteiger partial charge in [-0.1, -0.05) is 36.4 Å². The van der Waals surface area contributed by atoms with Crippen molar-refractivity contribution in [3.63, 3.8) is 0 Å². The van der Waals surface area contributed by atoms with Gasteiger partial charge in [-0.15, -0.1) is 0 Å². The molecular formula is C21H25N3. The Morgan fingerprint density at radius 1 is 0.958 bits per heavy atom. The van der Waals surface area contributed by atoms with Gasteiger partial charge >= 0.3 is 0 Å². The Bertz CT molecular complexity index is 675. The summed E-state index contributed by atoms with van der Waals surface area (Å²) in [7, 11) is 0. The standard InChI is InChI=1S/C21H25N3/c22-16-18-5-9-20(10-6-18)19-7-3-17(4-8-19)2-1-13-24-14-11-21(23)12-15-24/h3-10,21H,1-2,11-15,23H2. The lowest BCUT2D eigenvalue weighted by Crippen LogP contribution is -2.40. The first-order valence-corrected chi connectivity index (χ1v) is 8.82. The summed E-state index contributed by atoms with van der Waals surface area (Å²) < 4.78 is 0. The molecule has 0 aliphatic carbocycles. The van der Waals surface area contributed by atoms with Crippen molar-refractivity contribution in [2.75, 3.05) is 19.6 Å². The highest BCUT2D eigenvalue weighted by Gasteiger charge is 2.15. The number of benzene rings is 2. The van der Waals surface area contributed by atoms with Crippen molar-refractivity contribution >= 4 is 0 Å². The zero-order valence-corrected chi connectivity index (χ0v) is 14.1. The summed E-state index contributed by atoms with van der Waals surface area (Å²) in [6.45, 7) is 3.47. The van der Waals surface area contributed by atoms with E-state index in [1.807, 2.05) is 24.3 Å². The molecule has 3 nitrogen and oxygen atoms in total. The number of hydrogen-bond acceptors (Lipinski definition) is 3. The number of piperidine rings is 1. The highest BCUT2D eigenvalue weighted by Crippen LogP contribution is 2.21. The molecule has 0 aromatic heterocycles. The fraction of sp³-hybridized carbons (Fsp3) is 0.381. The van der Waals surface area contributed by atoms with Crippen molar-refractivity contribution in [2.24, 2.45) is 5.73 Å². The summed E-state index contributed by atoms with van der Waals surface area (Å²) in [4.78, 5) is 2.54. The van der Waals surface area contributed by atoms with Crippen LogP contribution in [0.1, 0.15) is 30.4 Å². The van der Waals surface area contributed by atoms with Gasteiger partial charge in [0, 0.05) is 6.04 Å². The Morgan fingerprint density at radius 2 is 1.54 bits per heavy atom. The van der Waals surface area contributed by atoms with Crippen LogP contribution < -0.4 is 5.73 Å². The highest BCUT2D eigenvalue weighted by molar-refractivity contribution is 5.64. The van der Waals surface area contributed by atoms with Crippen LogP contribution in [0, 0.1) is 11.3 Å². The van der Waals surface area contributed by atoms with Gasteiger partial charge in [0.1, 0.15) is 0 Å². The van der Waals surface area contributed by atoms with Gasteiger partial charge in [0.05, 0.1) is 11.6 Å². The molecule has 124 valence electrons. The number of nitrogens with two attached hydrogens (primary N) is 1. The summed E-state index contributed by atoms with van der Waals surface area (Å²) in [6.07, 6.45) is 4.60. The third kappa shape index (κ3) is 4.44. The van der Waals surface area contributed by atoms with E-state index in [0.29, 0.717) is 11.6 Å². The number of aryl methyl sites for hydroxylation is 1. The van der Waals surface area contributed by atoms with Crippen LogP contribution in [0.15, 0.2) is 48.5 Å². The van der Waals surface area contributed by atoms with Crippen LogP contribution in [0.4, 0.5) is 0 Å². The minimum absolute atomic E-state index is 0.413. The summed E-state index contributed by atoms with van der Waals surface area (Å²) in [5.74, 6) is 0. The lowest BCUT2D eigenvalue weighted by Gasteiger charge is -2.29. The number of likely N-dealkylation sites (tertiary alicyclic amines) is 1. The average Bonchev–Trinajstić information content (AvgIpc) is 2.64. The molecule has 0 saturated carbocycles. The quantitative estimate of drug-likeness (QED) is 0.916. The van der Waals surface area contributed by atoms with Gasteiger partial charge < -0.3 is 10.6 Å². The van der Waals surface area contributed by atoms with Crippen molar-refractivity contribution in [3.8, 4) is 17.2 Å². The normalized spacial score (nSPS) is 16.0. The van der Waals surface area contributed by atoms with Gasteiger partial charge in [-0.3, -0.25) is 0 Å². The Hall–Kier alpha value is -2.15. The minimum Gasteiger partial charge on any atom is -0.328 e. The lowest BCUT2D eigenvalue weighted by molar-refractivity contribution is 0.211. The number of nitrogens with zero attached hydrogens (tertiary/aromatic N) is 2. The molecule has 1 aliphatic heterocycles. The predicted molar refractivity (Wildman–Crippen MR) is 98.6 cm³/mol. The predicted octanol–water partition coefficient (Wildman–Crippen LogP) is 3.58. The zero-order valence-electron chi connectivity index (χ0n) is 14.1. The third-order valence-corrected chi connectivity index (χ3v) is 4.87. The van der Waals surface area contributed by atoms with E-state index in [1.165, 1.54) is 24.1 Å². The van der Waals surface area contributed by atoms with Crippen molar-refractivity contribution in [1.82, 2.24) is 4.90 Å².